The van der Waals surface area contributed by atoms with Crippen molar-refractivity contribution in [2.45, 2.75) is 17.9 Å². The number of aromatic nitrogens is 4. The van der Waals surface area contributed by atoms with E-state index in [1.54, 1.807) is 29.7 Å². The van der Waals surface area contributed by atoms with Gasteiger partial charge in [-0.05, 0) is 6.92 Å². The molecule has 0 saturated carbocycles. The van der Waals surface area contributed by atoms with E-state index in [-0.39, 0.29) is 17.4 Å². The van der Waals surface area contributed by atoms with E-state index in [0.717, 1.165) is 6.26 Å². The van der Waals surface area contributed by atoms with Gasteiger partial charge in [0.2, 0.25) is 0 Å². The van der Waals surface area contributed by atoms with E-state index in [9.17, 15) is 13.2 Å². The lowest BCUT2D eigenvalue weighted by molar-refractivity contribution is -0.00472. The van der Waals surface area contributed by atoms with Crippen molar-refractivity contribution in [3.8, 4) is 0 Å². The quantitative estimate of drug-likeness (QED) is 0.836. The number of aromatic amines is 1. The van der Waals surface area contributed by atoms with Crippen molar-refractivity contribution in [1.29, 1.82) is 0 Å². The van der Waals surface area contributed by atoms with Crippen LogP contribution in [0.5, 0.6) is 0 Å². The molecule has 24 heavy (non-hydrogen) atoms. The molecule has 1 amide bonds. The number of sulfone groups is 1. The van der Waals surface area contributed by atoms with Crippen LogP contribution in [0.3, 0.4) is 0 Å². The highest BCUT2D eigenvalue weighted by Crippen LogP contribution is 2.29. The molecule has 3 rings (SSSR count). The Morgan fingerprint density at radius 3 is 2.83 bits per heavy atom. The predicted octanol–water partition coefficient (Wildman–Crippen LogP) is 0.0688. The van der Waals surface area contributed by atoms with Gasteiger partial charge in [0.25, 0.3) is 5.91 Å². The van der Waals surface area contributed by atoms with E-state index in [0.29, 0.717) is 30.1 Å². The Morgan fingerprint density at radius 2 is 2.21 bits per heavy atom. The van der Waals surface area contributed by atoms with Gasteiger partial charge in [-0.1, -0.05) is 0 Å². The summed E-state index contributed by atoms with van der Waals surface area (Å²) in [4.78, 5) is 14.6. The number of morpholine rings is 1. The molecule has 0 aromatic carbocycles. The Labute approximate surface area is 139 Å². The molecular weight excluding hydrogens is 334 g/mol. The van der Waals surface area contributed by atoms with Gasteiger partial charge in [0.1, 0.15) is 4.90 Å². The van der Waals surface area contributed by atoms with Gasteiger partial charge in [-0.3, -0.25) is 14.6 Å². The highest BCUT2D eigenvalue weighted by molar-refractivity contribution is 7.90. The number of carbonyl (C=O) groups excluding carboxylic acids is 1. The summed E-state index contributed by atoms with van der Waals surface area (Å²) in [6, 6.07) is -0.543. The van der Waals surface area contributed by atoms with Crippen LogP contribution in [-0.2, 0) is 21.6 Å². The molecule has 3 heterocycles. The van der Waals surface area contributed by atoms with Crippen molar-refractivity contribution in [3.63, 3.8) is 0 Å². The Hall–Kier alpha value is -2.20. The maximum Gasteiger partial charge on any atom is 0.258 e. The van der Waals surface area contributed by atoms with Gasteiger partial charge in [-0.15, -0.1) is 0 Å². The number of nitrogens with one attached hydrogen (secondary N) is 1. The highest BCUT2D eigenvalue weighted by atomic mass is 32.2. The minimum absolute atomic E-state index is 0.0821. The summed E-state index contributed by atoms with van der Waals surface area (Å²) in [6.07, 6.45) is 4.04. The van der Waals surface area contributed by atoms with Crippen LogP contribution in [-0.4, -0.2) is 65.2 Å². The van der Waals surface area contributed by atoms with E-state index >= 15 is 0 Å². The van der Waals surface area contributed by atoms with Crippen LogP contribution in [0, 0.1) is 6.92 Å². The number of amides is 1. The first-order chi connectivity index (χ1) is 11.3. The topological polar surface area (TPSA) is 110 Å². The summed E-state index contributed by atoms with van der Waals surface area (Å²) in [7, 11) is -1.71. The molecule has 1 N–H and O–H groups in total. The maximum atomic E-state index is 12.9. The Bertz CT molecular complexity index is 870. The highest BCUT2D eigenvalue weighted by Gasteiger charge is 2.34. The van der Waals surface area contributed by atoms with Crippen LogP contribution in [0.1, 0.15) is 27.8 Å². The van der Waals surface area contributed by atoms with Gasteiger partial charge in [0.15, 0.2) is 9.84 Å². The van der Waals surface area contributed by atoms with Crippen molar-refractivity contribution in [2.75, 3.05) is 26.0 Å². The predicted molar refractivity (Wildman–Crippen MR) is 84.2 cm³/mol. The molecule has 1 aliphatic heterocycles. The number of rotatable bonds is 3. The second-order valence-electron chi connectivity index (χ2n) is 5.81. The summed E-state index contributed by atoms with van der Waals surface area (Å²) in [5.74, 6) is -0.206. The third-order valence-corrected chi connectivity index (χ3v) is 5.12. The Morgan fingerprint density at radius 1 is 1.46 bits per heavy atom. The molecule has 1 saturated heterocycles. The van der Waals surface area contributed by atoms with E-state index in [4.69, 9.17) is 4.74 Å². The summed E-state index contributed by atoms with van der Waals surface area (Å²) < 4.78 is 30.9. The zero-order chi connectivity index (χ0) is 17.5. The number of ether oxygens (including phenoxy) is 1. The fraction of sp³-hybridized carbons (Fsp3) is 0.500. The van der Waals surface area contributed by atoms with Crippen LogP contribution >= 0.6 is 0 Å². The molecular formula is C14H19N5O4S. The van der Waals surface area contributed by atoms with Gasteiger partial charge >= 0.3 is 0 Å². The van der Waals surface area contributed by atoms with Crippen LogP contribution in [0.25, 0.3) is 0 Å². The first-order valence-corrected chi connectivity index (χ1v) is 9.30. The number of H-pyrrole nitrogens is 1. The molecule has 10 heteroatoms. The average molecular weight is 353 g/mol. The standard InChI is InChI=1S/C14H19N5O4S/c1-9-10(7-18(2)17-9)14(20)19-4-5-23-8-11(19)13-12(6-15-16-13)24(3,21)22/h6-7,11H,4-5,8H2,1-3H3,(H,15,16)/t11-/m0/s1. The van der Waals surface area contributed by atoms with Gasteiger partial charge in [0, 0.05) is 26.0 Å². The van der Waals surface area contributed by atoms with Gasteiger partial charge < -0.3 is 9.64 Å². The SMILES string of the molecule is Cc1nn(C)cc1C(=O)N1CCOC[C@H]1c1[nH]ncc1S(C)(=O)=O. The zero-order valence-corrected chi connectivity index (χ0v) is 14.5. The van der Waals surface area contributed by atoms with Crippen molar-refractivity contribution >= 4 is 15.7 Å². The molecule has 1 fully saturated rings. The molecule has 2 aromatic heterocycles. The first-order valence-electron chi connectivity index (χ1n) is 7.41. The molecule has 0 aliphatic carbocycles. The fourth-order valence-corrected chi connectivity index (χ4v) is 3.69. The van der Waals surface area contributed by atoms with Gasteiger partial charge in [-0.25, -0.2) is 8.42 Å². The van der Waals surface area contributed by atoms with E-state index in [2.05, 4.69) is 15.3 Å². The van der Waals surface area contributed by atoms with E-state index < -0.39 is 15.9 Å². The molecule has 1 atom stereocenters. The van der Waals surface area contributed by atoms with E-state index in [1.807, 2.05) is 0 Å². The Kier molecular flexibility index (Phi) is 4.18. The summed E-state index contributed by atoms with van der Waals surface area (Å²) >= 11 is 0. The lowest BCUT2D eigenvalue weighted by Crippen LogP contribution is -2.44. The molecule has 0 radical (unpaired) electrons. The summed E-state index contributed by atoms with van der Waals surface area (Å²) in [5.41, 5.74) is 1.48. The van der Waals surface area contributed by atoms with Crippen LogP contribution in [0.2, 0.25) is 0 Å². The largest absolute Gasteiger partial charge is 0.377 e. The molecule has 2 aromatic rings. The smallest absolute Gasteiger partial charge is 0.258 e. The fourth-order valence-electron chi connectivity index (χ4n) is 2.87. The van der Waals surface area contributed by atoms with Crippen LogP contribution in [0.15, 0.2) is 17.3 Å². The average Bonchev–Trinajstić information content (AvgIpc) is 3.12. The minimum Gasteiger partial charge on any atom is -0.377 e. The minimum atomic E-state index is -3.46. The van der Waals surface area contributed by atoms with Crippen molar-refractivity contribution in [1.82, 2.24) is 24.9 Å². The van der Waals surface area contributed by atoms with Crippen molar-refractivity contribution in [2.24, 2.45) is 7.05 Å². The molecule has 0 spiro atoms. The second kappa shape index (κ2) is 6.02. The normalized spacial score (nSPS) is 18.8. The second-order valence-corrected chi connectivity index (χ2v) is 7.80. The number of hydrogen-bond acceptors (Lipinski definition) is 6. The molecule has 9 nitrogen and oxygen atoms in total. The third kappa shape index (κ3) is 2.94. The monoisotopic (exact) mass is 353 g/mol. The maximum absolute atomic E-state index is 12.9. The van der Waals surface area contributed by atoms with Crippen molar-refractivity contribution < 1.29 is 17.9 Å². The van der Waals surface area contributed by atoms with Crippen molar-refractivity contribution in [3.05, 3.63) is 29.3 Å². The number of carbonyl (C=O) groups is 1. The third-order valence-electron chi connectivity index (χ3n) is 4.00. The lowest BCUT2D eigenvalue weighted by Gasteiger charge is -2.35. The van der Waals surface area contributed by atoms with Gasteiger partial charge in [0.05, 0.1) is 42.4 Å². The molecule has 130 valence electrons. The molecule has 1 aliphatic rings. The summed E-state index contributed by atoms with van der Waals surface area (Å²) in [5, 5.41) is 10.7. The molecule has 0 bridgehead atoms. The number of aryl methyl sites for hydroxylation is 2. The number of nitrogens with zero attached hydrogens (tertiary/aromatic N) is 4. The number of hydrogen-bond donors (Lipinski definition) is 1. The first kappa shape index (κ1) is 16.7. The van der Waals surface area contributed by atoms with Gasteiger partial charge in [-0.2, -0.15) is 10.2 Å². The summed E-state index contributed by atoms with van der Waals surface area (Å²) in [6.45, 7) is 2.72. The molecule has 0 unspecified atom stereocenters. The van der Waals surface area contributed by atoms with Crippen LogP contribution in [0.4, 0.5) is 0 Å². The van der Waals surface area contributed by atoms with Crippen LogP contribution < -0.4 is 0 Å². The van der Waals surface area contributed by atoms with E-state index in [1.165, 1.54) is 6.20 Å². The zero-order valence-electron chi connectivity index (χ0n) is 13.7. The lowest BCUT2D eigenvalue weighted by atomic mass is 10.1. The Balaban J connectivity index is 1.99.